The number of nitrogens with two attached hydrogens (primary N) is 1. The molecule has 0 aliphatic heterocycles. The second kappa shape index (κ2) is 23.0. The van der Waals surface area contributed by atoms with Gasteiger partial charge in [-0.1, -0.05) is 69.7 Å². The smallest absolute Gasteiger partial charge is 0.226 e. The number of nitriles is 1. The van der Waals surface area contributed by atoms with E-state index < -0.39 is 12.2 Å². The molecule has 0 radical (unpaired) electrons. The van der Waals surface area contributed by atoms with Crippen molar-refractivity contribution in [1.29, 1.82) is 5.26 Å². The second-order valence-electron chi connectivity index (χ2n) is 9.12. The number of rotatable bonds is 17. The van der Waals surface area contributed by atoms with Crippen LogP contribution in [0.4, 0.5) is 0 Å². The number of carbonyl (C=O) groups excluding carboxylic acids is 3. The Morgan fingerprint density at radius 1 is 0.951 bits per heavy atom. The summed E-state index contributed by atoms with van der Waals surface area (Å²) in [6.07, 6.45) is 3.48. The Morgan fingerprint density at radius 2 is 1.56 bits per heavy atom. The van der Waals surface area contributed by atoms with E-state index in [1.165, 1.54) is 23.4 Å². The molecule has 2 aromatic carbocycles. The molecule has 0 bridgehead atoms. The van der Waals surface area contributed by atoms with Gasteiger partial charge < -0.3 is 25.1 Å². The highest BCUT2D eigenvalue weighted by atomic mass is 16.5. The number of amides is 2. The number of aldehydes is 1. The summed E-state index contributed by atoms with van der Waals surface area (Å²) in [5.41, 5.74) is 6.52. The first-order valence-corrected chi connectivity index (χ1v) is 13.9. The van der Waals surface area contributed by atoms with Gasteiger partial charge in [-0.3, -0.25) is 14.6 Å². The fraction of sp³-hybridized carbons (Fsp3) is 0.484. The van der Waals surface area contributed by atoms with Crippen LogP contribution >= 0.6 is 0 Å². The normalized spacial score (nSPS) is 11.5. The summed E-state index contributed by atoms with van der Waals surface area (Å²) in [5, 5.41) is 12.2. The molecular formula is C31H48N6O4. The number of ether oxygens (including phenoxy) is 1. The minimum atomic E-state index is -0.784. The van der Waals surface area contributed by atoms with Gasteiger partial charge in [0.2, 0.25) is 12.8 Å². The third-order valence-electron chi connectivity index (χ3n) is 6.07. The van der Waals surface area contributed by atoms with Gasteiger partial charge in [0.15, 0.2) is 0 Å². The van der Waals surface area contributed by atoms with Crippen LogP contribution in [0, 0.1) is 11.3 Å². The van der Waals surface area contributed by atoms with Crippen LogP contribution < -0.4 is 10.5 Å². The van der Waals surface area contributed by atoms with Crippen LogP contribution in [-0.4, -0.2) is 98.5 Å². The second-order valence-corrected chi connectivity index (χ2v) is 9.12. The molecule has 10 heteroatoms. The highest BCUT2D eigenvalue weighted by molar-refractivity contribution is 5.65. The van der Waals surface area contributed by atoms with Crippen molar-refractivity contribution in [3.63, 3.8) is 0 Å². The average Bonchev–Trinajstić information content (AvgIpc) is 3.01. The topological polar surface area (TPSA) is 123 Å². The van der Waals surface area contributed by atoms with Crippen LogP contribution in [0.1, 0.15) is 38.3 Å². The molecule has 2 atom stereocenters. The van der Waals surface area contributed by atoms with E-state index in [0.29, 0.717) is 32.3 Å². The van der Waals surface area contributed by atoms with E-state index in [-0.39, 0.29) is 13.1 Å². The molecular weight excluding hydrogens is 520 g/mol. The zero-order valence-electron chi connectivity index (χ0n) is 25.5. The van der Waals surface area contributed by atoms with Gasteiger partial charge in [0.25, 0.3) is 0 Å². The standard InChI is InChI=1S/C27H35N5O4.C3H8.CH5N/c1-4-30(17-15-28)32(22-35)27(19-29(2)16-14-23-10-12-26(36-3)13-11-23)31(21-34)25(20-33)18-24-8-6-5-7-9-24;1-3-2;1-2/h5-13,20-22,25,27H,4,14,16-19H2,1-3H3;3H2,1-2H3;2H2,1H3/t25-,27?;;/m0../s1. The van der Waals surface area contributed by atoms with Crippen molar-refractivity contribution in [2.24, 2.45) is 5.73 Å². The lowest BCUT2D eigenvalue weighted by Gasteiger charge is -2.43. The molecule has 0 aliphatic carbocycles. The Hall–Kier alpha value is -3.78. The molecule has 0 spiro atoms. The highest BCUT2D eigenvalue weighted by Gasteiger charge is 2.33. The summed E-state index contributed by atoms with van der Waals surface area (Å²) in [4.78, 5) is 40.1. The quantitative estimate of drug-likeness (QED) is 0.134. The molecule has 10 nitrogen and oxygen atoms in total. The predicted octanol–water partition coefficient (Wildman–Crippen LogP) is 2.97. The number of benzene rings is 2. The first kappa shape index (κ1) is 37.2. The van der Waals surface area contributed by atoms with E-state index in [0.717, 1.165) is 29.6 Å². The molecule has 2 aromatic rings. The third-order valence-corrected chi connectivity index (χ3v) is 6.07. The lowest BCUT2D eigenvalue weighted by atomic mass is 10.1. The van der Waals surface area contributed by atoms with E-state index in [1.807, 2.05) is 73.5 Å². The SMILES string of the molecule is CCC.CCN(CC#N)N(C=O)C(CN(C)CCc1ccc(OC)cc1)N(C=O)[C@H](C=O)Cc1ccccc1.CN. The van der Waals surface area contributed by atoms with Crippen molar-refractivity contribution in [3.05, 3.63) is 65.7 Å². The molecule has 226 valence electrons. The van der Waals surface area contributed by atoms with Crippen LogP contribution in [0.3, 0.4) is 0 Å². The van der Waals surface area contributed by atoms with E-state index in [4.69, 9.17) is 4.74 Å². The minimum absolute atomic E-state index is 0.0293. The number of hydrogen-bond acceptors (Lipinski definition) is 8. The molecule has 0 fully saturated rings. The van der Waals surface area contributed by atoms with Gasteiger partial charge in [0.1, 0.15) is 24.7 Å². The Labute approximate surface area is 246 Å². The van der Waals surface area contributed by atoms with Crippen molar-refractivity contribution in [1.82, 2.24) is 19.8 Å². The van der Waals surface area contributed by atoms with Crippen LogP contribution in [0.5, 0.6) is 5.75 Å². The van der Waals surface area contributed by atoms with Gasteiger partial charge in [-0.05, 0) is 50.2 Å². The number of methoxy groups -OCH3 is 1. The van der Waals surface area contributed by atoms with Gasteiger partial charge in [0, 0.05) is 19.6 Å². The van der Waals surface area contributed by atoms with E-state index in [9.17, 15) is 19.6 Å². The van der Waals surface area contributed by atoms with Crippen LogP contribution in [0.25, 0.3) is 0 Å². The molecule has 1 unspecified atom stereocenters. The number of carbonyl (C=O) groups is 3. The Morgan fingerprint density at radius 3 is 2.02 bits per heavy atom. The zero-order valence-corrected chi connectivity index (χ0v) is 25.5. The number of likely N-dealkylation sites (N-methyl/N-ethyl adjacent to an activating group) is 1. The Kier molecular flexibility index (Phi) is 20.9. The Balaban J connectivity index is 0.00000299. The largest absolute Gasteiger partial charge is 0.497 e. The Bertz CT molecular complexity index is 1000. The molecule has 41 heavy (non-hydrogen) atoms. The van der Waals surface area contributed by atoms with Crippen LogP contribution in [0.2, 0.25) is 0 Å². The molecule has 0 saturated heterocycles. The molecule has 2 N–H and O–H groups in total. The van der Waals surface area contributed by atoms with Crippen molar-refractivity contribution < 1.29 is 19.1 Å². The highest BCUT2D eigenvalue weighted by Crippen LogP contribution is 2.16. The fourth-order valence-corrected chi connectivity index (χ4v) is 4.01. The summed E-state index contributed by atoms with van der Waals surface area (Å²) < 4.78 is 5.21. The van der Waals surface area contributed by atoms with Crippen molar-refractivity contribution in [2.45, 2.75) is 52.2 Å². The zero-order chi connectivity index (χ0) is 31.0. The summed E-state index contributed by atoms with van der Waals surface area (Å²) in [6, 6.07) is 18.5. The summed E-state index contributed by atoms with van der Waals surface area (Å²) in [5.74, 6) is 0.783. The molecule has 2 amide bonds. The van der Waals surface area contributed by atoms with E-state index >= 15 is 0 Å². The van der Waals surface area contributed by atoms with Crippen molar-refractivity contribution in [3.8, 4) is 11.8 Å². The monoisotopic (exact) mass is 568 g/mol. The maximum absolute atomic E-state index is 12.4. The predicted molar refractivity (Wildman–Crippen MR) is 163 cm³/mol. The fourth-order valence-electron chi connectivity index (χ4n) is 4.01. The number of hydrazine groups is 1. The first-order chi connectivity index (χ1) is 19.9. The molecule has 0 aromatic heterocycles. The lowest BCUT2D eigenvalue weighted by molar-refractivity contribution is -0.160. The number of hydrogen-bond donors (Lipinski definition) is 1. The van der Waals surface area contributed by atoms with Crippen LogP contribution in [-0.2, 0) is 27.2 Å². The van der Waals surface area contributed by atoms with E-state index in [2.05, 4.69) is 25.7 Å². The first-order valence-electron chi connectivity index (χ1n) is 13.9. The van der Waals surface area contributed by atoms with Gasteiger partial charge in [-0.25, -0.2) is 5.01 Å². The maximum Gasteiger partial charge on any atom is 0.226 e. The maximum atomic E-state index is 12.4. The minimum Gasteiger partial charge on any atom is -0.497 e. The molecule has 0 heterocycles. The van der Waals surface area contributed by atoms with Crippen molar-refractivity contribution in [2.75, 3.05) is 47.4 Å². The van der Waals surface area contributed by atoms with Crippen LogP contribution in [0.15, 0.2) is 54.6 Å². The van der Waals surface area contributed by atoms with Gasteiger partial charge in [-0.2, -0.15) is 5.26 Å². The summed E-state index contributed by atoms with van der Waals surface area (Å²) in [6.45, 7) is 7.37. The third kappa shape index (κ3) is 13.4. The van der Waals surface area contributed by atoms with E-state index in [1.54, 1.807) is 12.1 Å². The van der Waals surface area contributed by atoms with Gasteiger partial charge in [0.05, 0.1) is 19.2 Å². The molecule has 2 rings (SSSR count). The molecule has 0 saturated carbocycles. The summed E-state index contributed by atoms with van der Waals surface area (Å²) in [7, 11) is 5.02. The molecule has 0 aliphatic rings. The average molecular weight is 569 g/mol. The van der Waals surface area contributed by atoms with Crippen molar-refractivity contribution >= 4 is 19.1 Å². The van der Waals surface area contributed by atoms with Gasteiger partial charge in [-0.15, -0.1) is 0 Å². The lowest BCUT2D eigenvalue weighted by Crippen LogP contribution is -2.61. The summed E-state index contributed by atoms with van der Waals surface area (Å²) >= 11 is 0. The van der Waals surface area contributed by atoms with Gasteiger partial charge >= 0.3 is 0 Å². The number of nitrogens with zero attached hydrogens (tertiary/aromatic N) is 5.